The van der Waals surface area contributed by atoms with E-state index in [-0.39, 0.29) is 11.6 Å². The molecule has 0 saturated carbocycles. The Bertz CT molecular complexity index is 1590. The van der Waals surface area contributed by atoms with E-state index in [0.717, 1.165) is 60.1 Å². The van der Waals surface area contributed by atoms with Crippen LogP contribution in [-0.4, -0.2) is 81.3 Å². The molecule has 2 aromatic heterocycles. The summed E-state index contributed by atoms with van der Waals surface area (Å²) in [4.78, 5) is 29.7. The number of ether oxygens (including phenoxy) is 2. The highest BCUT2D eigenvalue weighted by atomic mass is 19.1. The van der Waals surface area contributed by atoms with Gasteiger partial charge in [0.05, 0.1) is 11.0 Å². The van der Waals surface area contributed by atoms with Crippen LogP contribution in [0.3, 0.4) is 0 Å². The second-order valence-electron chi connectivity index (χ2n) is 12.6. The number of carbonyl (C=O) groups excluding carboxylic acids is 2. The van der Waals surface area contributed by atoms with Crippen LogP contribution in [0.4, 0.5) is 8.78 Å². The Labute approximate surface area is 255 Å². The molecule has 0 aliphatic carbocycles. The van der Waals surface area contributed by atoms with Crippen LogP contribution < -0.4 is 0 Å². The fourth-order valence-corrected chi connectivity index (χ4v) is 6.49. The molecule has 0 spiro atoms. The van der Waals surface area contributed by atoms with Crippen LogP contribution in [0.15, 0.2) is 73.1 Å². The van der Waals surface area contributed by atoms with E-state index in [4.69, 9.17) is 9.47 Å². The minimum atomic E-state index is -0.662. The molecular formula is C34H38F2N4O4. The van der Waals surface area contributed by atoms with Crippen molar-refractivity contribution < 1.29 is 27.8 Å². The standard InChI is InChI=1S/C34H38F2N4O4/c1-33(11-15-37(23-33)17-19-39-13-9-25-3-5-27(35)21-29(25)39)43-31(41)7-8-32(42)44-34(2)12-16-38(24-34)18-20-40-14-10-26-4-6-28(36)22-30(26)40/h3-10,13-14,21-22H,11-12,15-20,23-24H2,1-2H3/b8-7+. The van der Waals surface area contributed by atoms with Crippen molar-refractivity contribution in [2.75, 3.05) is 39.3 Å². The molecule has 2 aliphatic rings. The fourth-order valence-electron chi connectivity index (χ4n) is 6.49. The number of benzene rings is 2. The predicted octanol–water partition coefficient (Wildman–Crippen LogP) is 5.15. The summed E-state index contributed by atoms with van der Waals surface area (Å²) in [5, 5.41) is 1.99. The van der Waals surface area contributed by atoms with Gasteiger partial charge in [-0.1, -0.05) is 0 Å². The second kappa shape index (κ2) is 12.2. The van der Waals surface area contributed by atoms with Crippen molar-refractivity contribution in [2.24, 2.45) is 0 Å². The van der Waals surface area contributed by atoms with Crippen molar-refractivity contribution in [1.29, 1.82) is 0 Å². The molecular weight excluding hydrogens is 566 g/mol. The van der Waals surface area contributed by atoms with Gasteiger partial charge in [0.2, 0.25) is 0 Å². The minimum Gasteiger partial charge on any atom is -0.455 e. The molecule has 4 heterocycles. The summed E-state index contributed by atoms with van der Waals surface area (Å²) >= 11 is 0. The zero-order valence-electron chi connectivity index (χ0n) is 25.2. The van der Waals surface area contributed by atoms with Gasteiger partial charge in [0.1, 0.15) is 22.8 Å². The first-order valence-corrected chi connectivity index (χ1v) is 15.1. The monoisotopic (exact) mass is 604 g/mol. The normalized spacial score (nSPS) is 22.9. The number of rotatable bonds is 10. The molecule has 0 radical (unpaired) electrons. The lowest BCUT2D eigenvalue weighted by molar-refractivity contribution is -0.153. The van der Waals surface area contributed by atoms with Gasteiger partial charge in [-0.05, 0) is 73.2 Å². The summed E-state index contributed by atoms with van der Waals surface area (Å²) in [5.41, 5.74) is 0.395. The number of halogens is 2. The molecule has 2 saturated heterocycles. The average Bonchev–Trinajstić information content (AvgIpc) is 3.75. The van der Waals surface area contributed by atoms with E-state index in [1.54, 1.807) is 24.3 Å². The van der Waals surface area contributed by atoms with Crippen LogP contribution >= 0.6 is 0 Å². The molecule has 10 heteroatoms. The first-order valence-electron chi connectivity index (χ1n) is 15.1. The molecule has 0 bridgehead atoms. The van der Waals surface area contributed by atoms with Crippen molar-refractivity contribution in [1.82, 2.24) is 18.9 Å². The molecule has 232 valence electrons. The Morgan fingerprint density at radius 2 is 1.14 bits per heavy atom. The summed E-state index contributed by atoms with van der Waals surface area (Å²) in [7, 11) is 0. The molecule has 0 amide bonds. The lowest BCUT2D eigenvalue weighted by Crippen LogP contribution is -2.36. The zero-order valence-corrected chi connectivity index (χ0v) is 25.2. The van der Waals surface area contributed by atoms with Crippen LogP contribution in [0, 0.1) is 11.6 Å². The maximum atomic E-state index is 13.7. The summed E-state index contributed by atoms with van der Waals surface area (Å²) in [6, 6.07) is 13.5. The highest BCUT2D eigenvalue weighted by Crippen LogP contribution is 2.27. The molecule has 8 nitrogen and oxygen atoms in total. The van der Waals surface area contributed by atoms with E-state index in [2.05, 4.69) is 9.80 Å². The number of likely N-dealkylation sites (tertiary alicyclic amines) is 2. The van der Waals surface area contributed by atoms with Gasteiger partial charge in [-0.3, -0.25) is 9.80 Å². The van der Waals surface area contributed by atoms with Crippen LogP contribution in [0.2, 0.25) is 0 Å². The first-order chi connectivity index (χ1) is 21.1. The SMILES string of the molecule is CC1(OC(=O)/C=C/C(=O)OC2(C)CCN(CCn3ccc4ccc(F)cc43)C2)CCN(CCn2ccc3ccc(F)cc32)C1. The molecule has 2 fully saturated rings. The Kier molecular flexibility index (Phi) is 8.30. The Balaban J connectivity index is 0.938. The van der Waals surface area contributed by atoms with E-state index < -0.39 is 23.1 Å². The number of hydrogen-bond acceptors (Lipinski definition) is 6. The first kappa shape index (κ1) is 30.0. The highest BCUT2D eigenvalue weighted by molar-refractivity contribution is 5.92. The Morgan fingerprint density at radius 3 is 1.57 bits per heavy atom. The van der Waals surface area contributed by atoms with E-state index in [1.807, 2.05) is 47.5 Å². The van der Waals surface area contributed by atoms with Gasteiger partial charge in [-0.2, -0.15) is 0 Å². The van der Waals surface area contributed by atoms with Gasteiger partial charge in [0, 0.05) is 89.7 Å². The van der Waals surface area contributed by atoms with Gasteiger partial charge in [-0.15, -0.1) is 0 Å². The highest BCUT2D eigenvalue weighted by Gasteiger charge is 2.38. The third-order valence-electron chi connectivity index (χ3n) is 8.87. The van der Waals surface area contributed by atoms with Gasteiger partial charge in [0.15, 0.2) is 0 Å². The number of aromatic nitrogens is 2. The molecule has 0 N–H and O–H groups in total. The number of nitrogens with zero attached hydrogens (tertiary/aromatic N) is 4. The third-order valence-corrected chi connectivity index (χ3v) is 8.87. The molecule has 6 rings (SSSR count). The average molecular weight is 605 g/mol. The van der Waals surface area contributed by atoms with E-state index in [1.165, 1.54) is 12.1 Å². The van der Waals surface area contributed by atoms with Crippen LogP contribution in [0.1, 0.15) is 26.7 Å². The van der Waals surface area contributed by atoms with Crippen molar-refractivity contribution in [3.8, 4) is 0 Å². The van der Waals surface area contributed by atoms with Crippen LogP contribution in [0.25, 0.3) is 21.8 Å². The van der Waals surface area contributed by atoms with Gasteiger partial charge in [0.25, 0.3) is 0 Å². The smallest absolute Gasteiger partial charge is 0.331 e. The number of fused-ring (bicyclic) bond motifs is 2. The maximum absolute atomic E-state index is 13.7. The predicted molar refractivity (Wildman–Crippen MR) is 164 cm³/mol. The number of hydrogen-bond donors (Lipinski definition) is 0. The fraction of sp³-hybridized carbons (Fsp3) is 0.412. The lowest BCUT2D eigenvalue weighted by Gasteiger charge is -2.25. The summed E-state index contributed by atoms with van der Waals surface area (Å²) in [6.45, 7) is 9.38. The third kappa shape index (κ3) is 6.87. The minimum absolute atomic E-state index is 0.258. The van der Waals surface area contributed by atoms with E-state index in [9.17, 15) is 18.4 Å². The van der Waals surface area contributed by atoms with Gasteiger partial charge >= 0.3 is 11.9 Å². The molecule has 4 aromatic rings. The Morgan fingerprint density at radius 1 is 0.705 bits per heavy atom. The van der Waals surface area contributed by atoms with Crippen molar-refractivity contribution >= 4 is 33.7 Å². The molecule has 2 aromatic carbocycles. The molecule has 2 unspecified atom stereocenters. The zero-order chi connectivity index (χ0) is 30.9. The maximum Gasteiger partial charge on any atom is 0.331 e. The second-order valence-corrected chi connectivity index (χ2v) is 12.6. The lowest BCUT2D eigenvalue weighted by atomic mass is 10.1. The summed E-state index contributed by atoms with van der Waals surface area (Å²) in [5.74, 6) is -1.67. The van der Waals surface area contributed by atoms with E-state index >= 15 is 0 Å². The largest absolute Gasteiger partial charge is 0.455 e. The van der Waals surface area contributed by atoms with Crippen LogP contribution in [0.5, 0.6) is 0 Å². The molecule has 2 aliphatic heterocycles. The molecule has 2 atom stereocenters. The van der Waals surface area contributed by atoms with E-state index in [0.29, 0.717) is 39.0 Å². The molecule has 44 heavy (non-hydrogen) atoms. The quantitative estimate of drug-likeness (QED) is 0.184. The Hall–Kier alpha value is -4.02. The summed E-state index contributed by atoms with van der Waals surface area (Å²) < 4.78 is 43.0. The summed E-state index contributed by atoms with van der Waals surface area (Å²) in [6.07, 6.45) is 7.56. The number of esters is 2. The van der Waals surface area contributed by atoms with Crippen LogP contribution in [-0.2, 0) is 32.2 Å². The number of carbonyl (C=O) groups is 2. The van der Waals surface area contributed by atoms with Gasteiger partial charge < -0.3 is 18.6 Å². The van der Waals surface area contributed by atoms with Crippen molar-refractivity contribution in [2.45, 2.75) is 51.0 Å². The van der Waals surface area contributed by atoms with Gasteiger partial charge in [-0.25, -0.2) is 18.4 Å². The topological polar surface area (TPSA) is 68.9 Å². The van der Waals surface area contributed by atoms with Crippen molar-refractivity contribution in [3.63, 3.8) is 0 Å². The van der Waals surface area contributed by atoms with Crippen molar-refractivity contribution in [3.05, 3.63) is 84.7 Å².